The molecule has 0 aromatic heterocycles. The van der Waals surface area contributed by atoms with Crippen molar-refractivity contribution in [1.82, 2.24) is 15.1 Å². The van der Waals surface area contributed by atoms with Crippen LogP contribution in [-0.2, 0) is 9.53 Å². The first-order valence-electron chi connectivity index (χ1n) is 8.17. The van der Waals surface area contributed by atoms with Crippen LogP contribution in [0.4, 0.5) is 0 Å². The molecule has 0 spiro atoms. The number of rotatable bonds is 3. The Hall–Kier alpha value is -0.360. The van der Waals surface area contributed by atoms with Gasteiger partial charge in [-0.2, -0.15) is 0 Å². The summed E-state index contributed by atoms with van der Waals surface area (Å²) in [5, 5.41) is 3.29. The lowest BCUT2D eigenvalue weighted by Gasteiger charge is -2.28. The summed E-state index contributed by atoms with van der Waals surface area (Å²) in [6.45, 7) is 6.89. The van der Waals surface area contributed by atoms with Crippen LogP contribution in [0.5, 0.6) is 0 Å². The van der Waals surface area contributed by atoms with Crippen LogP contribution in [0.15, 0.2) is 0 Å². The molecule has 4 aliphatic heterocycles. The van der Waals surface area contributed by atoms with E-state index in [-0.39, 0.29) is 12.4 Å². The molecule has 0 saturated carbocycles. The number of carbonyl (C=O) groups is 1. The number of halogens is 1. The fourth-order valence-electron chi connectivity index (χ4n) is 4.56. The molecule has 0 aliphatic carbocycles. The van der Waals surface area contributed by atoms with Gasteiger partial charge in [-0.05, 0) is 12.8 Å². The van der Waals surface area contributed by atoms with Crippen molar-refractivity contribution in [3.8, 4) is 0 Å². The fourth-order valence-corrected chi connectivity index (χ4v) is 4.56. The van der Waals surface area contributed by atoms with Gasteiger partial charge in [0.1, 0.15) is 0 Å². The van der Waals surface area contributed by atoms with Gasteiger partial charge in [-0.25, -0.2) is 0 Å². The van der Waals surface area contributed by atoms with E-state index in [9.17, 15) is 4.79 Å². The molecule has 1 amide bonds. The average Bonchev–Trinajstić information content (AvgIpc) is 3.18. The predicted molar refractivity (Wildman–Crippen MR) is 82.6 cm³/mol. The van der Waals surface area contributed by atoms with Crippen molar-refractivity contribution in [1.29, 1.82) is 0 Å². The zero-order valence-corrected chi connectivity index (χ0v) is 13.3. The highest BCUT2D eigenvalue weighted by molar-refractivity contribution is 5.85. The molecular formula is C15H26ClN3O2. The van der Waals surface area contributed by atoms with Crippen LogP contribution in [0.25, 0.3) is 0 Å². The minimum Gasteiger partial charge on any atom is -0.374 e. The number of nitrogens with one attached hydrogen (secondary N) is 1. The van der Waals surface area contributed by atoms with Gasteiger partial charge in [0.05, 0.1) is 12.2 Å². The first-order chi connectivity index (χ1) is 9.81. The van der Waals surface area contributed by atoms with Gasteiger partial charge in [0, 0.05) is 64.1 Å². The van der Waals surface area contributed by atoms with E-state index in [1.54, 1.807) is 0 Å². The Labute approximate surface area is 132 Å². The quantitative estimate of drug-likeness (QED) is 0.816. The van der Waals surface area contributed by atoms with E-state index in [4.69, 9.17) is 4.74 Å². The molecule has 2 bridgehead atoms. The van der Waals surface area contributed by atoms with Crippen molar-refractivity contribution in [2.75, 3.05) is 45.8 Å². The van der Waals surface area contributed by atoms with Crippen molar-refractivity contribution in [2.45, 2.75) is 31.5 Å². The molecular weight excluding hydrogens is 290 g/mol. The van der Waals surface area contributed by atoms with Gasteiger partial charge in [0.2, 0.25) is 5.91 Å². The second-order valence-corrected chi connectivity index (χ2v) is 6.76. The average molecular weight is 316 g/mol. The molecule has 4 fully saturated rings. The number of fused-ring (bicyclic) bond motifs is 5. The molecule has 120 valence electrons. The first kappa shape index (κ1) is 15.5. The summed E-state index contributed by atoms with van der Waals surface area (Å²) in [4.78, 5) is 16.7. The van der Waals surface area contributed by atoms with Crippen molar-refractivity contribution in [3.63, 3.8) is 0 Å². The molecule has 0 aromatic rings. The normalized spacial score (nSPS) is 38.4. The van der Waals surface area contributed by atoms with Gasteiger partial charge >= 0.3 is 0 Å². The predicted octanol–water partition coefficient (Wildman–Crippen LogP) is 0.339. The summed E-state index contributed by atoms with van der Waals surface area (Å²) < 4.78 is 6.00. The Morgan fingerprint density at radius 3 is 2.33 bits per heavy atom. The third kappa shape index (κ3) is 2.93. The number of ether oxygens (including phenoxy) is 1. The lowest BCUT2D eigenvalue weighted by Crippen LogP contribution is -2.47. The van der Waals surface area contributed by atoms with Gasteiger partial charge in [-0.15, -0.1) is 12.4 Å². The van der Waals surface area contributed by atoms with Crippen LogP contribution in [0.1, 0.15) is 19.3 Å². The molecule has 4 unspecified atom stereocenters. The molecule has 4 heterocycles. The molecule has 0 aromatic carbocycles. The Morgan fingerprint density at radius 1 is 1.10 bits per heavy atom. The first-order valence-corrected chi connectivity index (χ1v) is 8.17. The molecule has 1 N–H and O–H groups in total. The highest BCUT2D eigenvalue weighted by atomic mass is 35.5. The molecule has 4 rings (SSSR count). The van der Waals surface area contributed by atoms with E-state index >= 15 is 0 Å². The maximum atomic E-state index is 12.2. The van der Waals surface area contributed by atoms with Crippen molar-refractivity contribution in [2.24, 2.45) is 11.8 Å². The van der Waals surface area contributed by atoms with Crippen LogP contribution >= 0.6 is 12.4 Å². The monoisotopic (exact) mass is 315 g/mol. The lowest BCUT2D eigenvalue weighted by atomic mass is 9.82. The summed E-state index contributed by atoms with van der Waals surface area (Å²) in [6.07, 6.45) is 4.27. The van der Waals surface area contributed by atoms with Crippen molar-refractivity contribution >= 4 is 18.3 Å². The Bertz CT molecular complexity index is 371. The van der Waals surface area contributed by atoms with Gasteiger partial charge in [-0.1, -0.05) is 0 Å². The van der Waals surface area contributed by atoms with Crippen molar-refractivity contribution < 1.29 is 9.53 Å². The second-order valence-electron chi connectivity index (χ2n) is 6.76. The number of hydrogen-bond donors (Lipinski definition) is 1. The second kappa shape index (κ2) is 6.41. The number of nitrogens with zero attached hydrogens (tertiary/aromatic N) is 2. The minimum absolute atomic E-state index is 0. The van der Waals surface area contributed by atoms with Gasteiger partial charge < -0.3 is 19.9 Å². The van der Waals surface area contributed by atoms with Gasteiger partial charge in [-0.3, -0.25) is 4.79 Å². The third-order valence-electron chi connectivity index (χ3n) is 5.64. The molecule has 21 heavy (non-hydrogen) atoms. The topological polar surface area (TPSA) is 44.8 Å². The standard InChI is InChI=1S/C15H25N3O2.ClH/c19-15(18-7-4-16-5-8-18)3-6-17-9-11-12(10-17)14-2-1-13(11)20-14;/h11-14,16H,1-10H2;1H. The van der Waals surface area contributed by atoms with Crippen LogP contribution in [0.2, 0.25) is 0 Å². The van der Waals surface area contributed by atoms with Crippen LogP contribution in [0, 0.1) is 11.8 Å². The zero-order chi connectivity index (χ0) is 13.5. The molecule has 4 atom stereocenters. The summed E-state index contributed by atoms with van der Waals surface area (Å²) in [7, 11) is 0. The Kier molecular flexibility index (Phi) is 4.74. The largest absolute Gasteiger partial charge is 0.374 e. The summed E-state index contributed by atoms with van der Waals surface area (Å²) in [6, 6.07) is 0. The van der Waals surface area contributed by atoms with E-state index < -0.39 is 0 Å². The molecule has 5 nitrogen and oxygen atoms in total. The molecule has 6 heteroatoms. The van der Waals surface area contributed by atoms with Crippen LogP contribution in [-0.4, -0.2) is 73.7 Å². The molecule has 0 radical (unpaired) electrons. The number of piperazine rings is 1. The molecule has 4 aliphatic rings. The number of hydrogen-bond acceptors (Lipinski definition) is 4. The van der Waals surface area contributed by atoms with Gasteiger partial charge in [0.15, 0.2) is 0 Å². The Balaban J connectivity index is 0.00000132. The fraction of sp³-hybridized carbons (Fsp3) is 0.933. The van der Waals surface area contributed by atoms with Gasteiger partial charge in [0.25, 0.3) is 0 Å². The lowest BCUT2D eigenvalue weighted by molar-refractivity contribution is -0.132. The van der Waals surface area contributed by atoms with E-state index in [0.29, 0.717) is 24.5 Å². The minimum atomic E-state index is 0. The third-order valence-corrected chi connectivity index (χ3v) is 5.64. The Morgan fingerprint density at radius 2 is 1.71 bits per heavy atom. The maximum absolute atomic E-state index is 12.2. The molecule has 4 saturated heterocycles. The SMILES string of the molecule is Cl.O=C(CCN1CC2C3CCC(O3)C2C1)N1CCNCC1. The number of carbonyl (C=O) groups excluding carboxylic acids is 1. The van der Waals surface area contributed by atoms with E-state index in [1.165, 1.54) is 12.8 Å². The maximum Gasteiger partial charge on any atom is 0.223 e. The van der Waals surface area contributed by atoms with Crippen LogP contribution in [0.3, 0.4) is 0 Å². The highest BCUT2D eigenvalue weighted by Gasteiger charge is 2.52. The number of amides is 1. The highest BCUT2D eigenvalue weighted by Crippen LogP contribution is 2.47. The van der Waals surface area contributed by atoms with E-state index in [0.717, 1.165) is 57.6 Å². The van der Waals surface area contributed by atoms with E-state index in [2.05, 4.69) is 10.2 Å². The summed E-state index contributed by atoms with van der Waals surface area (Å²) in [5.41, 5.74) is 0. The summed E-state index contributed by atoms with van der Waals surface area (Å²) in [5.74, 6) is 1.84. The zero-order valence-electron chi connectivity index (χ0n) is 12.5. The van der Waals surface area contributed by atoms with Crippen molar-refractivity contribution in [3.05, 3.63) is 0 Å². The van der Waals surface area contributed by atoms with Crippen LogP contribution < -0.4 is 5.32 Å². The summed E-state index contributed by atoms with van der Waals surface area (Å²) >= 11 is 0. The number of likely N-dealkylation sites (tertiary alicyclic amines) is 1. The smallest absolute Gasteiger partial charge is 0.223 e. The van der Waals surface area contributed by atoms with E-state index in [1.807, 2.05) is 4.90 Å².